The number of hydrogen-bond acceptors (Lipinski definition) is 4. The minimum Gasteiger partial charge on any atom is -0.469 e. The second-order valence-electron chi connectivity index (χ2n) is 3.04. The molecule has 72 valence electrons. The average Bonchev–Trinajstić information content (AvgIpc) is 2.00. The molecule has 0 aliphatic heterocycles. The molecule has 0 aromatic rings. The summed E-state index contributed by atoms with van der Waals surface area (Å²) in [5, 5.41) is 0. The Morgan fingerprint density at radius 2 is 2.17 bits per heavy atom. The average molecular weight is 175 g/mol. The standard InChI is InChI=1S/C8H17NO3/c1-4-12-6-8(2,9)5-7(10)11-3/h4-6,9H2,1-3H3. The van der Waals surface area contributed by atoms with Crippen molar-refractivity contribution in [2.45, 2.75) is 25.8 Å². The van der Waals surface area contributed by atoms with Gasteiger partial charge in [0.15, 0.2) is 0 Å². The maximum atomic E-state index is 10.8. The van der Waals surface area contributed by atoms with E-state index in [1.807, 2.05) is 6.92 Å². The zero-order valence-electron chi connectivity index (χ0n) is 7.92. The van der Waals surface area contributed by atoms with Crippen molar-refractivity contribution in [3.63, 3.8) is 0 Å². The summed E-state index contributed by atoms with van der Waals surface area (Å²) in [6.45, 7) is 4.63. The molecular weight excluding hydrogens is 158 g/mol. The van der Waals surface area contributed by atoms with Gasteiger partial charge >= 0.3 is 5.97 Å². The Balaban J connectivity index is 3.77. The lowest BCUT2D eigenvalue weighted by Crippen LogP contribution is -2.43. The van der Waals surface area contributed by atoms with E-state index in [9.17, 15) is 4.79 Å². The van der Waals surface area contributed by atoms with Gasteiger partial charge in [-0.05, 0) is 13.8 Å². The second kappa shape index (κ2) is 5.11. The molecule has 0 rings (SSSR count). The molecule has 1 unspecified atom stereocenters. The van der Waals surface area contributed by atoms with E-state index in [0.29, 0.717) is 13.2 Å². The summed E-state index contributed by atoms with van der Waals surface area (Å²) in [5.74, 6) is -0.306. The van der Waals surface area contributed by atoms with Crippen LogP contribution in [0.5, 0.6) is 0 Å². The van der Waals surface area contributed by atoms with Crippen LogP contribution in [0.3, 0.4) is 0 Å². The Kier molecular flexibility index (Phi) is 4.85. The monoisotopic (exact) mass is 175 g/mol. The van der Waals surface area contributed by atoms with Gasteiger partial charge in [0.1, 0.15) is 0 Å². The van der Waals surface area contributed by atoms with Gasteiger partial charge in [0, 0.05) is 12.1 Å². The highest BCUT2D eigenvalue weighted by molar-refractivity contribution is 5.70. The molecule has 4 nitrogen and oxygen atoms in total. The first-order chi connectivity index (χ1) is 5.52. The molecule has 2 N–H and O–H groups in total. The molecule has 0 fully saturated rings. The van der Waals surface area contributed by atoms with Gasteiger partial charge in [0.25, 0.3) is 0 Å². The number of carbonyl (C=O) groups is 1. The Hall–Kier alpha value is -0.610. The molecule has 4 heteroatoms. The van der Waals surface area contributed by atoms with Gasteiger partial charge in [-0.15, -0.1) is 0 Å². The summed E-state index contributed by atoms with van der Waals surface area (Å²) in [6, 6.07) is 0. The van der Waals surface area contributed by atoms with E-state index in [1.165, 1.54) is 7.11 Å². The lowest BCUT2D eigenvalue weighted by Gasteiger charge is -2.22. The van der Waals surface area contributed by atoms with E-state index in [0.717, 1.165) is 0 Å². The molecule has 0 bridgehead atoms. The van der Waals surface area contributed by atoms with Crippen LogP contribution in [-0.2, 0) is 14.3 Å². The first-order valence-electron chi connectivity index (χ1n) is 3.95. The van der Waals surface area contributed by atoms with Crippen molar-refractivity contribution in [3.05, 3.63) is 0 Å². The predicted molar refractivity (Wildman–Crippen MR) is 45.7 cm³/mol. The van der Waals surface area contributed by atoms with Gasteiger partial charge < -0.3 is 15.2 Å². The number of nitrogens with two attached hydrogens (primary N) is 1. The first kappa shape index (κ1) is 11.4. The number of carbonyl (C=O) groups excluding carboxylic acids is 1. The molecule has 0 heterocycles. The van der Waals surface area contributed by atoms with Crippen LogP contribution in [-0.4, -0.2) is 31.8 Å². The lowest BCUT2D eigenvalue weighted by molar-refractivity contribution is -0.142. The normalized spacial score (nSPS) is 15.3. The van der Waals surface area contributed by atoms with Crippen LogP contribution in [0, 0.1) is 0 Å². The number of hydrogen-bond donors (Lipinski definition) is 1. The van der Waals surface area contributed by atoms with Crippen LogP contribution >= 0.6 is 0 Å². The Morgan fingerprint density at radius 1 is 1.58 bits per heavy atom. The number of ether oxygens (including phenoxy) is 2. The number of methoxy groups -OCH3 is 1. The largest absolute Gasteiger partial charge is 0.469 e. The van der Waals surface area contributed by atoms with Crippen LogP contribution in [0.2, 0.25) is 0 Å². The molecule has 0 saturated heterocycles. The van der Waals surface area contributed by atoms with Crippen LogP contribution in [0.15, 0.2) is 0 Å². The Labute approximate surface area is 73.0 Å². The zero-order valence-corrected chi connectivity index (χ0v) is 7.92. The minimum absolute atomic E-state index is 0.184. The second-order valence-corrected chi connectivity index (χ2v) is 3.04. The fourth-order valence-electron chi connectivity index (χ4n) is 0.788. The van der Waals surface area contributed by atoms with Crippen molar-refractivity contribution in [2.24, 2.45) is 5.73 Å². The first-order valence-corrected chi connectivity index (χ1v) is 3.95. The highest BCUT2D eigenvalue weighted by Gasteiger charge is 2.22. The van der Waals surface area contributed by atoms with Gasteiger partial charge in [0.2, 0.25) is 0 Å². The Bertz CT molecular complexity index is 145. The van der Waals surface area contributed by atoms with Gasteiger partial charge in [-0.1, -0.05) is 0 Å². The molecular formula is C8H17NO3. The van der Waals surface area contributed by atoms with Crippen LogP contribution in [0.25, 0.3) is 0 Å². The van der Waals surface area contributed by atoms with E-state index in [2.05, 4.69) is 4.74 Å². The van der Waals surface area contributed by atoms with Crippen molar-refractivity contribution >= 4 is 5.97 Å². The highest BCUT2D eigenvalue weighted by atomic mass is 16.5. The topological polar surface area (TPSA) is 61.5 Å². The SMILES string of the molecule is CCOCC(C)(N)CC(=O)OC. The summed E-state index contributed by atoms with van der Waals surface area (Å²) in [7, 11) is 1.35. The third kappa shape index (κ3) is 5.09. The van der Waals surface area contributed by atoms with Gasteiger partial charge in [0.05, 0.1) is 20.1 Å². The van der Waals surface area contributed by atoms with Crippen molar-refractivity contribution in [2.75, 3.05) is 20.3 Å². The highest BCUT2D eigenvalue weighted by Crippen LogP contribution is 2.06. The molecule has 0 aliphatic carbocycles. The smallest absolute Gasteiger partial charge is 0.307 e. The lowest BCUT2D eigenvalue weighted by atomic mass is 10.0. The van der Waals surface area contributed by atoms with Crippen molar-refractivity contribution in [1.82, 2.24) is 0 Å². The molecule has 0 aromatic carbocycles. The Morgan fingerprint density at radius 3 is 2.58 bits per heavy atom. The van der Waals surface area contributed by atoms with Crippen molar-refractivity contribution in [1.29, 1.82) is 0 Å². The maximum Gasteiger partial charge on any atom is 0.307 e. The minimum atomic E-state index is -0.622. The third-order valence-electron chi connectivity index (χ3n) is 1.41. The van der Waals surface area contributed by atoms with Gasteiger partial charge in [-0.25, -0.2) is 0 Å². The van der Waals surface area contributed by atoms with Gasteiger partial charge in [-0.2, -0.15) is 0 Å². The molecule has 0 amide bonds. The van der Waals surface area contributed by atoms with Crippen molar-refractivity contribution in [3.8, 4) is 0 Å². The van der Waals surface area contributed by atoms with E-state index in [-0.39, 0.29) is 12.4 Å². The van der Waals surface area contributed by atoms with E-state index < -0.39 is 5.54 Å². The van der Waals surface area contributed by atoms with E-state index in [4.69, 9.17) is 10.5 Å². The summed E-state index contributed by atoms with van der Waals surface area (Å²) in [5.41, 5.74) is 5.13. The molecule has 0 aliphatic rings. The summed E-state index contributed by atoms with van der Waals surface area (Å²) in [4.78, 5) is 10.8. The van der Waals surface area contributed by atoms with E-state index in [1.54, 1.807) is 6.92 Å². The summed E-state index contributed by atoms with van der Waals surface area (Å²) < 4.78 is 9.60. The summed E-state index contributed by atoms with van der Waals surface area (Å²) >= 11 is 0. The fraction of sp³-hybridized carbons (Fsp3) is 0.875. The molecule has 1 atom stereocenters. The molecule has 0 radical (unpaired) electrons. The van der Waals surface area contributed by atoms with E-state index >= 15 is 0 Å². The van der Waals surface area contributed by atoms with Crippen molar-refractivity contribution < 1.29 is 14.3 Å². The van der Waals surface area contributed by atoms with Crippen LogP contribution in [0.4, 0.5) is 0 Å². The van der Waals surface area contributed by atoms with Crippen LogP contribution in [0.1, 0.15) is 20.3 Å². The predicted octanol–water partition coefficient (Wildman–Crippen LogP) is 0.303. The molecule has 0 aromatic heterocycles. The summed E-state index contributed by atoms with van der Waals surface area (Å²) in [6.07, 6.45) is 0.184. The quantitative estimate of drug-likeness (QED) is 0.610. The maximum absolute atomic E-state index is 10.8. The van der Waals surface area contributed by atoms with Gasteiger partial charge in [-0.3, -0.25) is 4.79 Å². The third-order valence-corrected chi connectivity index (χ3v) is 1.41. The molecule has 0 saturated carbocycles. The van der Waals surface area contributed by atoms with Crippen LogP contribution < -0.4 is 5.73 Å². The molecule has 0 spiro atoms. The fourth-order valence-corrected chi connectivity index (χ4v) is 0.788. The number of esters is 1. The zero-order chi connectivity index (χ0) is 9.61. The number of rotatable bonds is 5. The molecule has 12 heavy (non-hydrogen) atoms.